The number of carbonyl (C=O) groups excluding carboxylic acids is 2. The van der Waals surface area contributed by atoms with Crippen molar-refractivity contribution in [2.45, 2.75) is 6.42 Å². The molecule has 1 amide bonds. The zero-order valence-electron chi connectivity index (χ0n) is 8.36. The van der Waals surface area contributed by atoms with Crippen molar-refractivity contribution >= 4 is 11.7 Å². The van der Waals surface area contributed by atoms with E-state index in [0.717, 1.165) is 0 Å². The van der Waals surface area contributed by atoms with E-state index >= 15 is 0 Å². The van der Waals surface area contributed by atoms with Gasteiger partial charge in [-0.2, -0.15) is 5.26 Å². The van der Waals surface area contributed by atoms with Crippen molar-refractivity contribution in [3.63, 3.8) is 0 Å². The Balaban J connectivity index is 2.98. The minimum atomic E-state index is -0.728. The molecule has 0 aromatic heterocycles. The van der Waals surface area contributed by atoms with Crippen molar-refractivity contribution in [2.75, 3.05) is 0 Å². The molecule has 4 heteroatoms. The third kappa shape index (κ3) is 3.28. The molecular formula is C12H8N2O2. The van der Waals surface area contributed by atoms with Gasteiger partial charge in [0.25, 0.3) is 5.91 Å². The van der Waals surface area contributed by atoms with Crippen molar-refractivity contribution in [1.82, 2.24) is 0 Å². The van der Waals surface area contributed by atoms with Crippen LogP contribution in [0.3, 0.4) is 0 Å². The molecule has 0 spiro atoms. The summed E-state index contributed by atoms with van der Waals surface area (Å²) in [7, 11) is 0. The van der Waals surface area contributed by atoms with Gasteiger partial charge < -0.3 is 5.73 Å². The number of primary amides is 1. The lowest BCUT2D eigenvalue weighted by molar-refractivity contribution is -0.112. The fourth-order valence-corrected chi connectivity index (χ4v) is 1.08. The van der Waals surface area contributed by atoms with Crippen LogP contribution in [0.5, 0.6) is 0 Å². The third-order valence-corrected chi connectivity index (χ3v) is 1.75. The summed E-state index contributed by atoms with van der Waals surface area (Å²) in [5.74, 6) is 3.69. The maximum Gasteiger partial charge on any atom is 0.293 e. The Hall–Kier alpha value is -2.59. The smallest absolute Gasteiger partial charge is 0.293 e. The summed E-state index contributed by atoms with van der Waals surface area (Å²) in [5.41, 5.74) is 5.78. The molecule has 1 rings (SSSR count). The maximum absolute atomic E-state index is 11.4. The molecule has 0 fully saturated rings. The first kappa shape index (κ1) is 11.5. The van der Waals surface area contributed by atoms with Gasteiger partial charge in [-0.15, -0.1) is 0 Å². The molecule has 0 aliphatic carbocycles. The largest absolute Gasteiger partial charge is 0.359 e. The quantitative estimate of drug-likeness (QED) is 0.576. The number of hydrogen-bond donors (Lipinski definition) is 1. The van der Waals surface area contributed by atoms with Crippen LogP contribution in [0.25, 0.3) is 0 Å². The van der Waals surface area contributed by atoms with Crippen LogP contribution in [0.2, 0.25) is 0 Å². The number of nitrogens with zero attached hydrogens (tertiary/aromatic N) is 1. The zero-order chi connectivity index (χ0) is 12.0. The van der Waals surface area contributed by atoms with Gasteiger partial charge in [0.15, 0.2) is 5.78 Å². The Morgan fingerprint density at radius 3 is 2.75 bits per heavy atom. The van der Waals surface area contributed by atoms with Gasteiger partial charge in [0.1, 0.15) is 0 Å². The molecule has 0 radical (unpaired) electrons. The van der Waals surface area contributed by atoms with E-state index in [1.807, 2.05) is 0 Å². The highest BCUT2D eigenvalue weighted by atomic mass is 16.1. The lowest BCUT2D eigenvalue weighted by Crippen LogP contribution is -2.06. The van der Waals surface area contributed by atoms with Crippen LogP contribution in [0.4, 0.5) is 0 Å². The van der Waals surface area contributed by atoms with Crippen molar-refractivity contribution in [3.05, 3.63) is 35.4 Å². The molecule has 78 valence electrons. The van der Waals surface area contributed by atoms with Gasteiger partial charge in [0.2, 0.25) is 0 Å². The lowest BCUT2D eigenvalue weighted by Gasteiger charge is -1.96. The average Bonchev–Trinajstić information content (AvgIpc) is 2.27. The fourth-order valence-electron chi connectivity index (χ4n) is 1.08. The summed E-state index contributed by atoms with van der Waals surface area (Å²) < 4.78 is 0. The van der Waals surface area contributed by atoms with E-state index in [0.29, 0.717) is 11.1 Å². The molecule has 0 aliphatic rings. The van der Waals surface area contributed by atoms with E-state index in [4.69, 9.17) is 11.0 Å². The van der Waals surface area contributed by atoms with Crippen molar-refractivity contribution < 1.29 is 9.59 Å². The number of rotatable bonds is 2. The van der Waals surface area contributed by atoms with Crippen LogP contribution in [0.15, 0.2) is 24.3 Å². The Bertz CT molecular complexity index is 530. The van der Waals surface area contributed by atoms with Crippen LogP contribution in [0.1, 0.15) is 22.3 Å². The van der Waals surface area contributed by atoms with Gasteiger partial charge in [-0.05, 0) is 18.1 Å². The number of nitrogens with two attached hydrogens (primary N) is 1. The molecule has 0 saturated heterocycles. The van der Waals surface area contributed by atoms with Gasteiger partial charge in [-0.3, -0.25) is 9.59 Å². The molecule has 1 aromatic rings. The van der Waals surface area contributed by atoms with Crippen molar-refractivity contribution in [2.24, 2.45) is 5.73 Å². The van der Waals surface area contributed by atoms with E-state index in [9.17, 15) is 9.59 Å². The highest BCUT2D eigenvalue weighted by Gasteiger charge is 2.04. The lowest BCUT2D eigenvalue weighted by atomic mass is 10.1. The first-order valence-corrected chi connectivity index (χ1v) is 4.45. The van der Waals surface area contributed by atoms with E-state index in [1.165, 1.54) is 6.07 Å². The SMILES string of the molecule is N#CCC(=O)c1cccc(C#CC(N)=O)c1. The second kappa shape index (κ2) is 5.33. The minimum absolute atomic E-state index is 0.174. The molecule has 0 heterocycles. The highest BCUT2D eigenvalue weighted by molar-refractivity contribution is 5.98. The number of amides is 1. The molecule has 4 nitrogen and oxygen atoms in total. The molecule has 1 aromatic carbocycles. The molecule has 16 heavy (non-hydrogen) atoms. The van der Waals surface area contributed by atoms with Crippen LogP contribution in [-0.4, -0.2) is 11.7 Å². The molecule has 0 unspecified atom stereocenters. The second-order valence-corrected chi connectivity index (χ2v) is 2.95. The van der Waals surface area contributed by atoms with E-state index in [1.54, 1.807) is 24.3 Å². The standard InChI is InChI=1S/C12H8N2O2/c13-7-6-11(15)10-3-1-2-9(8-10)4-5-12(14)16/h1-3,8H,6H2,(H2,14,16). The van der Waals surface area contributed by atoms with Crippen LogP contribution < -0.4 is 5.73 Å². The minimum Gasteiger partial charge on any atom is -0.359 e. The predicted molar refractivity (Wildman–Crippen MR) is 57.1 cm³/mol. The van der Waals surface area contributed by atoms with E-state index in [2.05, 4.69) is 11.8 Å². The first-order chi connectivity index (χ1) is 7.63. The summed E-state index contributed by atoms with van der Waals surface area (Å²) in [6.07, 6.45) is -0.174. The Labute approximate surface area is 92.7 Å². The Morgan fingerprint density at radius 2 is 2.12 bits per heavy atom. The summed E-state index contributed by atoms with van der Waals surface area (Å²) in [4.78, 5) is 21.8. The molecular weight excluding hydrogens is 204 g/mol. The number of benzene rings is 1. The number of ketones is 1. The van der Waals surface area contributed by atoms with Gasteiger partial charge in [0, 0.05) is 11.1 Å². The normalized spacial score (nSPS) is 8.44. The molecule has 0 atom stereocenters. The van der Waals surface area contributed by atoms with Gasteiger partial charge in [-0.25, -0.2) is 0 Å². The summed E-state index contributed by atoms with van der Waals surface area (Å²) in [6, 6.07) is 8.18. The zero-order valence-corrected chi connectivity index (χ0v) is 8.36. The number of Topliss-reactive ketones (excluding diaryl/α,β-unsaturated/α-hetero) is 1. The Morgan fingerprint density at radius 1 is 1.38 bits per heavy atom. The average molecular weight is 212 g/mol. The first-order valence-electron chi connectivity index (χ1n) is 4.45. The van der Waals surface area contributed by atoms with Crippen molar-refractivity contribution in [3.8, 4) is 17.9 Å². The highest BCUT2D eigenvalue weighted by Crippen LogP contribution is 2.06. The molecule has 0 aliphatic heterocycles. The van der Waals surface area contributed by atoms with Crippen LogP contribution in [-0.2, 0) is 4.79 Å². The van der Waals surface area contributed by atoms with Gasteiger partial charge in [-0.1, -0.05) is 18.1 Å². The number of carbonyl (C=O) groups is 2. The summed E-state index contributed by atoms with van der Waals surface area (Å²) >= 11 is 0. The van der Waals surface area contributed by atoms with Crippen LogP contribution >= 0.6 is 0 Å². The van der Waals surface area contributed by atoms with E-state index < -0.39 is 5.91 Å². The fraction of sp³-hybridized carbons (Fsp3) is 0.0833. The third-order valence-electron chi connectivity index (χ3n) is 1.75. The summed E-state index contributed by atoms with van der Waals surface area (Å²) in [6.45, 7) is 0. The number of nitriles is 1. The van der Waals surface area contributed by atoms with Crippen LogP contribution in [0, 0.1) is 23.2 Å². The topological polar surface area (TPSA) is 83.9 Å². The molecule has 0 saturated carbocycles. The van der Waals surface area contributed by atoms with Gasteiger partial charge >= 0.3 is 0 Å². The molecule has 0 bridgehead atoms. The summed E-state index contributed by atoms with van der Waals surface area (Å²) in [5, 5.41) is 8.38. The number of hydrogen-bond acceptors (Lipinski definition) is 3. The maximum atomic E-state index is 11.4. The van der Waals surface area contributed by atoms with Gasteiger partial charge in [0.05, 0.1) is 12.5 Å². The Kier molecular flexibility index (Phi) is 3.83. The monoisotopic (exact) mass is 212 g/mol. The second-order valence-electron chi connectivity index (χ2n) is 2.95. The van der Waals surface area contributed by atoms with Crippen molar-refractivity contribution in [1.29, 1.82) is 5.26 Å². The molecule has 2 N–H and O–H groups in total. The predicted octanol–water partition coefficient (Wildman–Crippen LogP) is 0.620. The van der Waals surface area contributed by atoms with E-state index in [-0.39, 0.29) is 12.2 Å².